The monoisotopic (exact) mass is 355 g/mol. The van der Waals surface area contributed by atoms with E-state index in [1.165, 1.54) is 0 Å². The Bertz CT molecular complexity index is 735. The van der Waals surface area contributed by atoms with E-state index < -0.39 is 0 Å². The fourth-order valence-electron chi connectivity index (χ4n) is 3.27. The number of ether oxygens (including phenoxy) is 1. The third-order valence-corrected chi connectivity index (χ3v) is 4.80. The van der Waals surface area contributed by atoms with Gasteiger partial charge in [0.1, 0.15) is 5.75 Å². The van der Waals surface area contributed by atoms with Crippen LogP contribution in [0.1, 0.15) is 17.5 Å². The summed E-state index contributed by atoms with van der Waals surface area (Å²) in [5.74, 6) is 1.07. The fraction of sp³-hybridized carbons (Fsp3) is 0.400. The van der Waals surface area contributed by atoms with Crippen LogP contribution in [0, 0.1) is 0 Å². The summed E-state index contributed by atoms with van der Waals surface area (Å²) < 4.78 is 5.34. The lowest BCUT2D eigenvalue weighted by Gasteiger charge is -2.35. The van der Waals surface area contributed by atoms with Gasteiger partial charge in [-0.2, -0.15) is 0 Å². The second-order valence-corrected chi connectivity index (χ2v) is 6.47. The third kappa shape index (κ3) is 4.45. The van der Waals surface area contributed by atoms with Crippen molar-refractivity contribution < 1.29 is 14.3 Å². The van der Waals surface area contributed by atoms with Crippen LogP contribution in [0.15, 0.2) is 42.7 Å². The first-order chi connectivity index (χ1) is 12.7. The first-order valence-electron chi connectivity index (χ1n) is 8.96. The molecule has 0 spiro atoms. The summed E-state index contributed by atoms with van der Waals surface area (Å²) in [4.78, 5) is 31.5. The standard InChI is InChI=1S/C20H25N3O3/c1-26-18-5-3-2-4-17(18)6-7-19(24)22-10-12-23(13-11-22)20(25)14-16-8-9-21-15-16/h2-5,8-9,15,21H,6-7,10-14H2,1H3. The SMILES string of the molecule is COc1ccccc1CCC(=O)N1CCN(C(=O)Cc2cc[nH]c2)CC1. The number of carbonyl (C=O) groups is 2. The topological polar surface area (TPSA) is 65.6 Å². The van der Waals surface area contributed by atoms with Crippen LogP contribution in [0.4, 0.5) is 0 Å². The van der Waals surface area contributed by atoms with Crippen molar-refractivity contribution in [2.75, 3.05) is 33.3 Å². The average molecular weight is 355 g/mol. The molecule has 0 saturated carbocycles. The Morgan fingerprint density at radius 2 is 1.73 bits per heavy atom. The van der Waals surface area contributed by atoms with Crippen molar-refractivity contribution in [3.05, 3.63) is 53.9 Å². The maximum absolute atomic E-state index is 12.5. The van der Waals surface area contributed by atoms with Crippen LogP contribution in [0.3, 0.4) is 0 Å². The highest BCUT2D eigenvalue weighted by Crippen LogP contribution is 2.19. The molecule has 0 atom stereocenters. The number of amides is 2. The first kappa shape index (κ1) is 18.0. The molecule has 6 nitrogen and oxygen atoms in total. The molecule has 1 N–H and O–H groups in total. The summed E-state index contributed by atoms with van der Waals surface area (Å²) in [6.07, 6.45) is 5.19. The molecule has 0 aliphatic carbocycles. The number of H-pyrrole nitrogens is 1. The molecule has 1 fully saturated rings. The Hall–Kier alpha value is -2.76. The van der Waals surface area contributed by atoms with E-state index in [0.29, 0.717) is 45.4 Å². The van der Waals surface area contributed by atoms with Crippen molar-refractivity contribution in [1.82, 2.24) is 14.8 Å². The van der Waals surface area contributed by atoms with Crippen molar-refractivity contribution in [1.29, 1.82) is 0 Å². The number of benzene rings is 1. The van der Waals surface area contributed by atoms with Gasteiger partial charge in [-0.1, -0.05) is 18.2 Å². The van der Waals surface area contributed by atoms with E-state index in [9.17, 15) is 9.59 Å². The highest BCUT2D eigenvalue weighted by molar-refractivity contribution is 5.80. The zero-order valence-electron chi connectivity index (χ0n) is 15.1. The molecule has 138 valence electrons. The number of rotatable bonds is 6. The molecule has 2 amide bonds. The van der Waals surface area contributed by atoms with Crippen LogP contribution in [0.25, 0.3) is 0 Å². The lowest BCUT2D eigenvalue weighted by molar-refractivity contribution is -0.139. The molecule has 3 rings (SSSR count). The molecule has 1 aromatic carbocycles. The van der Waals surface area contributed by atoms with Crippen LogP contribution in [0.2, 0.25) is 0 Å². The number of hydrogen-bond acceptors (Lipinski definition) is 3. The Balaban J connectivity index is 1.45. The lowest BCUT2D eigenvalue weighted by Crippen LogP contribution is -2.51. The second kappa shape index (κ2) is 8.56. The van der Waals surface area contributed by atoms with E-state index in [2.05, 4.69) is 4.98 Å². The summed E-state index contributed by atoms with van der Waals surface area (Å²) in [6, 6.07) is 9.69. The van der Waals surface area contributed by atoms with Gasteiger partial charge in [0.25, 0.3) is 0 Å². The van der Waals surface area contributed by atoms with Gasteiger partial charge in [0.15, 0.2) is 0 Å². The maximum atomic E-state index is 12.5. The number of hydrogen-bond donors (Lipinski definition) is 1. The van der Waals surface area contributed by atoms with Gasteiger partial charge in [0.05, 0.1) is 13.5 Å². The minimum absolute atomic E-state index is 0.116. The fourth-order valence-corrected chi connectivity index (χ4v) is 3.27. The maximum Gasteiger partial charge on any atom is 0.227 e. The summed E-state index contributed by atoms with van der Waals surface area (Å²) in [6.45, 7) is 2.40. The van der Waals surface area contributed by atoms with Crippen LogP contribution in [-0.4, -0.2) is 59.9 Å². The predicted molar refractivity (Wildman–Crippen MR) is 99.0 cm³/mol. The van der Waals surface area contributed by atoms with Gasteiger partial charge in [-0.25, -0.2) is 0 Å². The van der Waals surface area contributed by atoms with Gasteiger partial charge in [0, 0.05) is 45.0 Å². The number of carbonyl (C=O) groups excluding carboxylic acids is 2. The largest absolute Gasteiger partial charge is 0.496 e. The molecule has 1 aromatic heterocycles. The molecular formula is C20H25N3O3. The molecule has 6 heteroatoms. The summed E-state index contributed by atoms with van der Waals surface area (Å²) in [5.41, 5.74) is 2.04. The number of para-hydroxylation sites is 1. The van der Waals surface area contributed by atoms with Gasteiger partial charge in [-0.15, -0.1) is 0 Å². The molecule has 26 heavy (non-hydrogen) atoms. The van der Waals surface area contributed by atoms with Crippen LogP contribution >= 0.6 is 0 Å². The third-order valence-electron chi connectivity index (χ3n) is 4.80. The average Bonchev–Trinajstić information content (AvgIpc) is 3.19. The van der Waals surface area contributed by atoms with E-state index in [4.69, 9.17) is 4.74 Å². The van der Waals surface area contributed by atoms with E-state index >= 15 is 0 Å². The minimum Gasteiger partial charge on any atom is -0.496 e. The zero-order valence-corrected chi connectivity index (χ0v) is 15.1. The molecule has 1 saturated heterocycles. The number of nitrogens with one attached hydrogen (secondary N) is 1. The number of aromatic nitrogens is 1. The zero-order chi connectivity index (χ0) is 18.4. The van der Waals surface area contributed by atoms with E-state index in [-0.39, 0.29) is 11.8 Å². The number of methoxy groups -OCH3 is 1. The molecular weight excluding hydrogens is 330 g/mol. The molecule has 1 aliphatic heterocycles. The van der Waals surface area contributed by atoms with Gasteiger partial charge >= 0.3 is 0 Å². The van der Waals surface area contributed by atoms with Crippen LogP contribution in [-0.2, 0) is 22.4 Å². The van der Waals surface area contributed by atoms with Crippen molar-refractivity contribution in [2.45, 2.75) is 19.3 Å². The number of nitrogens with zero attached hydrogens (tertiary/aromatic N) is 2. The Kier molecular flexibility index (Phi) is 5.94. The van der Waals surface area contributed by atoms with Gasteiger partial charge in [-0.05, 0) is 29.7 Å². The van der Waals surface area contributed by atoms with Gasteiger partial charge < -0.3 is 19.5 Å². The van der Waals surface area contributed by atoms with Crippen molar-refractivity contribution in [2.24, 2.45) is 0 Å². The summed E-state index contributed by atoms with van der Waals surface area (Å²) in [7, 11) is 1.64. The smallest absolute Gasteiger partial charge is 0.227 e. The highest BCUT2D eigenvalue weighted by Gasteiger charge is 2.24. The second-order valence-electron chi connectivity index (χ2n) is 6.47. The van der Waals surface area contributed by atoms with Crippen molar-refractivity contribution in [3.63, 3.8) is 0 Å². The molecule has 2 aromatic rings. The molecule has 0 unspecified atom stereocenters. The Labute approximate surface area is 153 Å². The number of piperazine rings is 1. The van der Waals surface area contributed by atoms with Crippen LogP contribution < -0.4 is 4.74 Å². The molecule has 0 bridgehead atoms. The summed E-state index contributed by atoms with van der Waals surface area (Å²) >= 11 is 0. The van der Waals surface area contributed by atoms with Crippen LogP contribution in [0.5, 0.6) is 5.75 Å². The van der Waals surface area contributed by atoms with Crippen molar-refractivity contribution in [3.8, 4) is 5.75 Å². The molecule has 2 heterocycles. The van der Waals surface area contributed by atoms with E-state index in [1.807, 2.05) is 52.5 Å². The van der Waals surface area contributed by atoms with Crippen molar-refractivity contribution >= 4 is 11.8 Å². The first-order valence-corrected chi connectivity index (χ1v) is 8.96. The van der Waals surface area contributed by atoms with Gasteiger partial charge in [0.2, 0.25) is 11.8 Å². The molecule has 0 radical (unpaired) electrons. The van der Waals surface area contributed by atoms with Gasteiger partial charge in [-0.3, -0.25) is 9.59 Å². The quantitative estimate of drug-likeness (QED) is 0.860. The number of aryl methyl sites for hydroxylation is 1. The molecule has 1 aliphatic rings. The van der Waals surface area contributed by atoms with E-state index in [0.717, 1.165) is 16.9 Å². The normalized spacial score (nSPS) is 14.3. The minimum atomic E-state index is 0.116. The Morgan fingerprint density at radius 1 is 1.04 bits per heavy atom. The lowest BCUT2D eigenvalue weighted by atomic mass is 10.1. The van der Waals surface area contributed by atoms with E-state index in [1.54, 1.807) is 7.11 Å². The number of aromatic amines is 1. The highest BCUT2D eigenvalue weighted by atomic mass is 16.5. The predicted octanol–water partition coefficient (Wildman–Crippen LogP) is 1.87. The Morgan fingerprint density at radius 3 is 2.38 bits per heavy atom. The summed E-state index contributed by atoms with van der Waals surface area (Å²) in [5, 5.41) is 0.